The number of para-hydroxylation sites is 1. The van der Waals surface area contributed by atoms with Crippen molar-refractivity contribution in [1.82, 2.24) is 4.90 Å². The van der Waals surface area contributed by atoms with Gasteiger partial charge in [0.15, 0.2) is 6.61 Å². The van der Waals surface area contributed by atoms with Gasteiger partial charge >= 0.3 is 0 Å². The third kappa shape index (κ3) is 3.19. The first-order chi connectivity index (χ1) is 10.2. The average molecular weight is 302 g/mol. The van der Waals surface area contributed by atoms with Gasteiger partial charge in [-0.15, -0.1) is 0 Å². The molecule has 108 valence electrons. The molecule has 21 heavy (non-hydrogen) atoms. The van der Waals surface area contributed by atoms with Crippen LogP contribution in [0.3, 0.4) is 0 Å². The minimum Gasteiger partial charge on any atom is -0.482 e. The summed E-state index contributed by atoms with van der Waals surface area (Å²) < 4.78 is 5.52. The van der Waals surface area contributed by atoms with Crippen molar-refractivity contribution in [1.29, 1.82) is 0 Å². The summed E-state index contributed by atoms with van der Waals surface area (Å²) in [4.78, 5) is 14.1. The third-order valence-electron chi connectivity index (χ3n) is 3.67. The molecule has 0 aromatic heterocycles. The summed E-state index contributed by atoms with van der Waals surface area (Å²) in [6.45, 7) is 1.41. The summed E-state index contributed by atoms with van der Waals surface area (Å²) in [7, 11) is 0. The van der Waals surface area contributed by atoms with Gasteiger partial charge in [0.05, 0.1) is 5.02 Å². The molecular formula is C17H16ClNO2. The van der Waals surface area contributed by atoms with Gasteiger partial charge in [0.25, 0.3) is 5.91 Å². The molecule has 2 aromatic carbocycles. The average Bonchev–Trinajstić information content (AvgIpc) is 2.53. The Morgan fingerprint density at radius 3 is 2.62 bits per heavy atom. The highest BCUT2D eigenvalue weighted by atomic mass is 35.5. The van der Waals surface area contributed by atoms with Crippen LogP contribution in [-0.4, -0.2) is 24.0 Å². The molecule has 2 aromatic rings. The molecule has 0 saturated heterocycles. The lowest BCUT2D eigenvalue weighted by atomic mass is 10.00. The van der Waals surface area contributed by atoms with Crippen LogP contribution in [0.4, 0.5) is 0 Å². The molecule has 0 aliphatic carbocycles. The van der Waals surface area contributed by atoms with E-state index >= 15 is 0 Å². The molecule has 1 amide bonds. The Labute approximate surface area is 129 Å². The van der Waals surface area contributed by atoms with Gasteiger partial charge < -0.3 is 9.64 Å². The summed E-state index contributed by atoms with van der Waals surface area (Å²) in [5.74, 6) is 0.536. The van der Waals surface area contributed by atoms with Crippen molar-refractivity contribution in [3.63, 3.8) is 0 Å². The van der Waals surface area contributed by atoms with Crippen molar-refractivity contribution in [2.45, 2.75) is 13.0 Å². The van der Waals surface area contributed by atoms with Crippen molar-refractivity contribution in [2.75, 3.05) is 13.2 Å². The number of fused-ring (bicyclic) bond motifs is 1. The highest BCUT2D eigenvalue weighted by molar-refractivity contribution is 6.32. The van der Waals surface area contributed by atoms with E-state index < -0.39 is 0 Å². The highest BCUT2D eigenvalue weighted by Gasteiger charge is 2.20. The van der Waals surface area contributed by atoms with Gasteiger partial charge in [-0.3, -0.25) is 4.79 Å². The van der Waals surface area contributed by atoms with E-state index in [-0.39, 0.29) is 12.5 Å². The summed E-state index contributed by atoms with van der Waals surface area (Å²) in [6.07, 6.45) is 0.897. The summed E-state index contributed by atoms with van der Waals surface area (Å²) in [5.41, 5.74) is 2.54. The molecule has 0 unspecified atom stereocenters. The van der Waals surface area contributed by atoms with Crippen LogP contribution >= 0.6 is 11.6 Å². The summed E-state index contributed by atoms with van der Waals surface area (Å²) >= 11 is 6.01. The number of halogens is 1. The lowest BCUT2D eigenvalue weighted by molar-refractivity contribution is -0.134. The number of benzene rings is 2. The predicted octanol–water partition coefficient (Wildman–Crippen LogP) is 3.30. The van der Waals surface area contributed by atoms with E-state index in [1.54, 1.807) is 12.1 Å². The van der Waals surface area contributed by atoms with Gasteiger partial charge in [-0.1, -0.05) is 48.0 Å². The highest BCUT2D eigenvalue weighted by Crippen LogP contribution is 2.23. The lowest BCUT2D eigenvalue weighted by Crippen LogP contribution is -2.38. The smallest absolute Gasteiger partial charge is 0.260 e. The van der Waals surface area contributed by atoms with E-state index in [4.69, 9.17) is 16.3 Å². The maximum absolute atomic E-state index is 12.3. The molecule has 0 spiro atoms. The number of nitrogens with zero attached hydrogens (tertiary/aromatic N) is 1. The van der Waals surface area contributed by atoms with E-state index in [0.29, 0.717) is 17.3 Å². The second kappa shape index (κ2) is 6.19. The van der Waals surface area contributed by atoms with Gasteiger partial charge in [0.2, 0.25) is 0 Å². The zero-order chi connectivity index (χ0) is 14.7. The molecule has 3 rings (SSSR count). The van der Waals surface area contributed by atoms with E-state index in [0.717, 1.165) is 13.0 Å². The number of ether oxygens (including phenoxy) is 1. The largest absolute Gasteiger partial charge is 0.482 e. The molecule has 0 radical (unpaired) electrons. The molecule has 0 bridgehead atoms. The van der Waals surface area contributed by atoms with Crippen LogP contribution < -0.4 is 4.74 Å². The first kappa shape index (κ1) is 14.0. The fourth-order valence-electron chi connectivity index (χ4n) is 2.50. The molecular weight excluding hydrogens is 286 g/mol. The molecule has 0 N–H and O–H groups in total. The lowest BCUT2D eigenvalue weighted by Gasteiger charge is -2.28. The number of hydrogen-bond acceptors (Lipinski definition) is 2. The van der Waals surface area contributed by atoms with Crippen LogP contribution in [0, 0.1) is 0 Å². The zero-order valence-corrected chi connectivity index (χ0v) is 12.3. The maximum Gasteiger partial charge on any atom is 0.260 e. The van der Waals surface area contributed by atoms with E-state index in [1.165, 1.54) is 11.1 Å². The standard InChI is InChI=1S/C17H16ClNO2/c18-15-7-3-4-8-16(15)21-12-17(20)19-10-9-13-5-1-2-6-14(13)11-19/h1-8H,9-12H2. The van der Waals surface area contributed by atoms with Crippen LogP contribution in [-0.2, 0) is 17.8 Å². The van der Waals surface area contributed by atoms with Crippen LogP contribution in [0.25, 0.3) is 0 Å². The quantitative estimate of drug-likeness (QED) is 0.870. The topological polar surface area (TPSA) is 29.5 Å². The van der Waals surface area contributed by atoms with Crippen LogP contribution in [0.15, 0.2) is 48.5 Å². The number of hydrogen-bond donors (Lipinski definition) is 0. The predicted molar refractivity (Wildman–Crippen MR) is 82.5 cm³/mol. The van der Waals surface area contributed by atoms with Crippen molar-refractivity contribution < 1.29 is 9.53 Å². The Morgan fingerprint density at radius 2 is 1.81 bits per heavy atom. The molecule has 1 heterocycles. The number of amides is 1. The molecule has 0 fully saturated rings. The SMILES string of the molecule is O=C(COc1ccccc1Cl)N1CCc2ccccc2C1. The van der Waals surface area contributed by atoms with Crippen LogP contribution in [0.1, 0.15) is 11.1 Å². The summed E-state index contributed by atoms with van der Waals surface area (Å²) in [6, 6.07) is 15.4. The molecule has 4 heteroatoms. The Morgan fingerprint density at radius 1 is 1.10 bits per heavy atom. The van der Waals surface area contributed by atoms with Crippen molar-refractivity contribution in [3.05, 3.63) is 64.7 Å². The number of carbonyl (C=O) groups excluding carboxylic acids is 1. The fourth-order valence-corrected chi connectivity index (χ4v) is 2.69. The maximum atomic E-state index is 12.3. The fraction of sp³-hybridized carbons (Fsp3) is 0.235. The molecule has 0 saturated carbocycles. The Kier molecular flexibility index (Phi) is 4.11. The minimum absolute atomic E-state index is 0.00979. The molecule has 3 nitrogen and oxygen atoms in total. The minimum atomic E-state index is -0.00979. The monoisotopic (exact) mass is 301 g/mol. The zero-order valence-electron chi connectivity index (χ0n) is 11.6. The second-order valence-electron chi connectivity index (χ2n) is 5.05. The van der Waals surface area contributed by atoms with Crippen LogP contribution in [0.2, 0.25) is 5.02 Å². The third-order valence-corrected chi connectivity index (χ3v) is 3.98. The Bertz CT molecular complexity index is 657. The van der Waals surface area contributed by atoms with Gasteiger partial charge in [-0.05, 0) is 29.7 Å². The molecule has 0 atom stereocenters. The Hall–Kier alpha value is -2.00. The van der Waals surface area contributed by atoms with Crippen molar-refractivity contribution >= 4 is 17.5 Å². The molecule has 1 aliphatic rings. The van der Waals surface area contributed by atoms with Crippen molar-refractivity contribution in [2.24, 2.45) is 0 Å². The van der Waals surface area contributed by atoms with E-state index in [1.807, 2.05) is 29.2 Å². The van der Waals surface area contributed by atoms with Gasteiger partial charge in [-0.25, -0.2) is 0 Å². The van der Waals surface area contributed by atoms with Gasteiger partial charge in [0, 0.05) is 13.1 Å². The number of rotatable bonds is 3. The van der Waals surface area contributed by atoms with E-state index in [9.17, 15) is 4.79 Å². The Balaban J connectivity index is 1.61. The second-order valence-corrected chi connectivity index (χ2v) is 5.46. The van der Waals surface area contributed by atoms with E-state index in [2.05, 4.69) is 12.1 Å². The van der Waals surface area contributed by atoms with Gasteiger partial charge in [-0.2, -0.15) is 0 Å². The summed E-state index contributed by atoms with van der Waals surface area (Å²) in [5, 5.41) is 0.522. The first-order valence-corrected chi connectivity index (χ1v) is 7.34. The van der Waals surface area contributed by atoms with Gasteiger partial charge in [0.1, 0.15) is 5.75 Å². The molecule has 1 aliphatic heterocycles. The normalized spacial score (nSPS) is 13.7. The van der Waals surface area contributed by atoms with Crippen molar-refractivity contribution in [3.8, 4) is 5.75 Å². The van der Waals surface area contributed by atoms with Crippen LogP contribution in [0.5, 0.6) is 5.75 Å². The number of carbonyl (C=O) groups is 1. The first-order valence-electron chi connectivity index (χ1n) is 6.96.